The van der Waals surface area contributed by atoms with Crippen LogP contribution in [0.5, 0.6) is 0 Å². The lowest BCUT2D eigenvalue weighted by molar-refractivity contribution is -0.115. The van der Waals surface area contributed by atoms with Gasteiger partial charge in [0, 0.05) is 21.1 Å². The van der Waals surface area contributed by atoms with E-state index in [0.29, 0.717) is 20.9 Å². The lowest BCUT2D eigenvalue weighted by Gasteiger charge is -1.97. The monoisotopic (exact) mass is 458 g/mol. The fraction of sp³-hybridized carbons (Fsp3) is 0. The molecular formula is C20H12BrClN2O2S. The van der Waals surface area contributed by atoms with Gasteiger partial charge in [-0.15, -0.1) is 0 Å². The zero-order chi connectivity index (χ0) is 18.8. The summed E-state index contributed by atoms with van der Waals surface area (Å²) in [5.74, 6) is 1.14. The minimum absolute atomic E-state index is 0.201. The largest absolute Gasteiger partial charge is 0.457 e. The van der Waals surface area contributed by atoms with Crippen LogP contribution in [-0.4, -0.2) is 11.1 Å². The number of halogens is 2. The van der Waals surface area contributed by atoms with Gasteiger partial charge < -0.3 is 9.73 Å². The summed E-state index contributed by atoms with van der Waals surface area (Å²) in [6.45, 7) is 0. The van der Waals surface area contributed by atoms with E-state index in [1.54, 1.807) is 30.3 Å². The van der Waals surface area contributed by atoms with Gasteiger partial charge in [-0.2, -0.15) is 0 Å². The van der Waals surface area contributed by atoms with E-state index >= 15 is 0 Å². The molecule has 1 saturated heterocycles. The van der Waals surface area contributed by atoms with E-state index in [2.05, 4.69) is 26.2 Å². The predicted octanol–water partition coefficient (Wildman–Crippen LogP) is 6.25. The molecular weight excluding hydrogens is 448 g/mol. The van der Waals surface area contributed by atoms with Gasteiger partial charge in [-0.25, -0.2) is 4.99 Å². The van der Waals surface area contributed by atoms with Crippen molar-refractivity contribution in [3.63, 3.8) is 0 Å². The zero-order valence-corrected chi connectivity index (χ0v) is 16.9. The van der Waals surface area contributed by atoms with Crippen molar-refractivity contribution in [1.29, 1.82) is 0 Å². The summed E-state index contributed by atoms with van der Waals surface area (Å²) in [7, 11) is 0. The Balaban J connectivity index is 1.54. The standard InChI is InChI=1S/C20H12BrClN2O2S/c21-13-3-1-2-12(10-13)17-9-8-16(26-17)11-18-19(25)24-20(27-18)23-15-6-4-14(22)5-7-15/h1-11H,(H,23,24,25). The third-order valence-corrected chi connectivity index (χ3v) is 5.37. The highest BCUT2D eigenvalue weighted by molar-refractivity contribution is 9.10. The first-order chi connectivity index (χ1) is 13.1. The van der Waals surface area contributed by atoms with Gasteiger partial charge in [-0.3, -0.25) is 4.79 Å². The van der Waals surface area contributed by atoms with Gasteiger partial charge in [-0.05, 0) is 60.3 Å². The highest BCUT2D eigenvalue weighted by Gasteiger charge is 2.24. The first-order valence-corrected chi connectivity index (χ1v) is 9.96. The first kappa shape index (κ1) is 18.1. The topological polar surface area (TPSA) is 54.6 Å². The maximum Gasteiger partial charge on any atom is 0.264 e. The molecule has 0 aliphatic carbocycles. The van der Waals surface area contributed by atoms with E-state index in [4.69, 9.17) is 16.0 Å². The number of amidine groups is 1. The Morgan fingerprint density at radius 2 is 1.93 bits per heavy atom. The number of hydrogen-bond acceptors (Lipinski definition) is 4. The summed E-state index contributed by atoms with van der Waals surface area (Å²) in [5, 5.41) is 3.92. The number of carbonyl (C=O) groups excluding carboxylic acids is 1. The number of thioether (sulfide) groups is 1. The van der Waals surface area contributed by atoms with Crippen LogP contribution < -0.4 is 5.32 Å². The highest BCUT2D eigenvalue weighted by Crippen LogP contribution is 2.30. The second-order valence-electron chi connectivity index (χ2n) is 5.67. The molecule has 1 aliphatic rings. The van der Waals surface area contributed by atoms with Crippen LogP contribution in [0.4, 0.5) is 5.69 Å². The molecule has 0 spiro atoms. The number of carbonyl (C=O) groups is 1. The Morgan fingerprint density at radius 1 is 1.11 bits per heavy atom. The Kier molecular flexibility index (Phi) is 5.20. The van der Waals surface area contributed by atoms with E-state index in [-0.39, 0.29) is 5.91 Å². The molecule has 0 saturated carbocycles. The Bertz CT molecular complexity index is 1070. The molecule has 4 rings (SSSR count). The summed E-state index contributed by atoms with van der Waals surface area (Å²) >= 11 is 10.6. The molecule has 1 N–H and O–H groups in total. The number of rotatable bonds is 3. The Morgan fingerprint density at radius 3 is 2.70 bits per heavy atom. The van der Waals surface area contributed by atoms with E-state index in [1.165, 1.54) is 11.8 Å². The smallest absolute Gasteiger partial charge is 0.264 e. The molecule has 3 aromatic rings. The van der Waals surface area contributed by atoms with Crippen LogP contribution in [0.15, 0.2) is 79.5 Å². The normalized spacial score (nSPS) is 16.9. The molecule has 1 amide bonds. The molecule has 0 radical (unpaired) electrons. The van der Waals surface area contributed by atoms with Gasteiger partial charge in [0.05, 0.1) is 10.6 Å². The molecule has 134 valence electrons. The molecule has 27 heavy (non-hydrogen) atoms. The third-order valence-electron chi connectivity index (χ3n) is 3.72. The van der Waals surface area contributed by atoms with Crippen molar-refractivity contribution in [3.8, 4) is 11.3 Å². The number of furan rings is 1. The average Bonchev–Trinajstić information content (AvgIpc) is 3.24. The molecule has 1 fully saturated rings. The van der Waals surface area contributed by atoms with Crippen LogP contribution in [0.3, 0.4) is 0 Å². The van der Waals surface area contributed by atoms with Crippen LogP contribution in [0.2, 0.25) is 5.02 Å². The van der Waals surface area contributed by atoms with Crippen LogP contribution in [0.1, 0.15) is 5.76 Å². The summed E-state index contributed by atoms with van der Waals surface area (Å²) in [5.41, 5.74) is 1.68. The van der Waals surface area contributed by atoms with Crippen molar-refractivity contribution in [1.82, 2.24) is 5.32 Å². The van der Waals surface area contributed by atoms with E-state index in [1.807, 2.05) is 36.4 Å². The minimum Gasteiger partial charge on any atom is -0.457 e. The molecule has 2 heterocycles. The van der Waals surface area contributed by atoms with Crippen molar-refractivity contribution in [3.05, 3.63) is 80.8 Å². The fourth-order valence-corrected chi connectivity index (χ4v) is 3.82. The summed E-state index contributed by atoms with van der Waals surface area (Å²) in [6.07, 6.45) is 1.71. The predicted molar refractivity (Wildman–Crippen MR) is 114 cm³/mol. The number of amides is 1. The van der Waals surface area contributed by atoms with Crippen LogP contribution in [-0.2, 0) is 4.79 Å². The summed E-state index contributed by atoms with van der Waals surface area (Å²) in [6, 6.07) is 18.7. The molecule has 4 nitrogen and oxygen atoms in total. The lowest BCUT2D eigenvalue weighted by atomic mass is 10.2. The van der Waals surface area contributed by atoms with Crippen molar-refractivity contribution in [2.45, 2.75) is 0 Å². The number of nitrogens with one attached hydrogen (secondary N) is 1. The Hall–Kier alpha value is -2.28. The third kappa shape index (κ3) is 4.35. The highest BCUT2D eigenvalue weighted by atomic mass is 79.9. The quantitative estimate of drug-likeness (QED) is 0.471. The molecule has 7 heteroatoms. The first-order valence-electron chi connectivity index (χ1n) is 7.98. The van der Waals surface area contributed by atoms with Crippen molar-refractivity contribution >= 4 is 62.1 Å². The van der Waals surface area contributed by atoms with Gasteiger partial charge in [0.25, 0.3) is 5.91 Å². The summed E-state index contributed by atoms with van der Waals surface area (Å²) in [4.78, 5) is 17.1. The molecule has 0 bridgehead atoms. The second kappa shape index (κ2) is 7.76. The van der Waals surface area contributed by atoms with Crippen molar-refractivity contribution in [2.24, 2.45) is 4.99 Å². The van der Waals surface area contributed by atoms with Gasteiger partial charge in [0.1, 0.15) is 11.5 Å². The second-order valence-corrected chi connectivity index (χ2v) is 8.05. The van der Waals surface area contributed by atoms with E-state index < -0.39 is 0 Å². The Labute approximate surface area is 173 Å². The number of benzene rings is 2. The van der Waals surface area contributed by atoms with Crippen LogP contribution >= 0.6 is 39.3 Å². The van der Waals surface area contributed by atoms with E-state index in [0.717, 1.165) is 21.5 Å². The van der Waals surface area contributed by atoms with Gasteiger partial charge >= 0.3 is 0 Å². The molecule has 1 aliphatic heterocycles. The van der Waals surface area contributed by atoms with Crippen LogP contribution in [0.25, 0.3) is 17.4 Å². The molecule has 1 aromatic heterocycles. The molecule has 0 atom stereocenters. The van der Waals surface area contributed by atoms with Gasteiger partial charge in [-0.1, -0.05) is 39.7 Å². The van der Waals surface area contributed by atoms with E-state index in [9.17, 15) is 4.79 Å². The maximum absolute atomic E-state index is 12.2. The number of hydrogen-bond donors (Lipinski definition) is 1. The zero-order valence-electron chi connectivity index (χ0n) is 13.8. The SMILES string of the molecule is O=C1NC(=Nc2ccc(Cl)cc2)SC1=Cc1ccc(-c2cccc(Br)c2)o1. The van der Waals surface area contributed by atoms with Gasteiger partial charge in [0.15, 0.2) is 5.17 Å². The molecule has 0 unspecified atom stereocenters. The van der Waals surface area contributed by atoms with Gasteiger partial charge in [0.2, 0.25) is 0 Å². The lowest BCUT2D eigenvalue weighted by Crippen LogP contribution is -2.19. The van der Waals surface area contributed by atoms with Crippen molar-refractivity contribution in [2.75, 3.05) is 0 Å². The minimum atomic E-state index is -0.201. The number of nitrogens with zero attached hydrogens (tertiary/aromatic N) is 1. The van der Waals surface area contributed by atoms with Crippen LogP contribution in [0, 0.1) is 0 Å². The number of aliphatic imine (C=N–C) groups is 1. The van der Waals surface area contributed by atoms with Crippen molar-refractivity contribution < 1.29 is 9.21 Å². The fourth-order valence-electron chi connectivity index (χ4n) is 2.47. The average molecular weight is 460 g/mol. The maximum atomic E-state index is 12.2. The molecule has 2 aromatic carbocycles. The summed E-state index contributed by atoms with van der Waals surface area (Å²) < 4.78 is 6.83.